The normalized spacial score (nSPS) is 10.2. The molecular weight excluding hydrogens is 339 g/mol. The molecule has 0 atom stereocenters. The fraction of sp³-hybridized carbons (Fsp3) is 0. The molecule has 1 heterocycles. The maximum absolute atomic E-state index is 11.9. The zero-order valence-electron chi connectivity index (χ0n) is 8.95. The fourth-order valence-corrected chi connectivity index (χ4v) is 1.93. The minimum Gasteiger partial charge on any atom is -0.321 e. The number of hydrogen-bond donors (Lipinski definition) is 1. The molecule has 2 rings (SSSR count). The highest BCUT2D eigenvalue weighted by Crippen LogP contribution is 2.25. The number of anilines is 1. The number of carbonyl (C=O) groups excluding carboxylic acids is 1. The highest BCUT2D eigenvalue weighted by molar-refractivity contribution is 9.10. The van der Waals surface area contributed by atoms with E-state index in [4.69, 9.17) is 23.2 Å². The number of nitrogens with one attached hydrogen (secondary N) is 1. The fourth-order valence-electron chi connectivity index (χ4n) is 1.30. The second-order valence-corrected chi connectivity index (χ2v) is 5.17. The summed E-state index contributed by atoms with van der Waals surface area (Å²) >= 11 is 14.9. The molecule has 6 heteroatoms. The number of pyridine rings is 1. The minimum atomic E-state index is -0.310. The van der Waals surface area contributed by atoms with Gasteiger partial charge in [0.25, 0.3) is 5.91 Å². The Bertz CT molecular complexity index is 604. The largest absolute Gasteiger partial charge is 0.321 e. The van der Waals surface area contributed by atoms with Crippen LogP contribution in [-0.4, -0.2) is 10.9 Å². The van der Waals surface area contributed by atoms with Crippen molar-refractivity contribution in [2.45, 2.75) is 0 Å². The molecule has 92 valence electrons. The van der Waals surface area contributed by atoms with Crippen LogP contribution in [0.3, 0.4) is 0 Å². The van der Waals surface area contributed by atoms with Crippen molar-refractivity contribution in [2.24, 2.45) is 0 Å². The van der Waals surface area contributed by atoms with Crippen molar-refractivity contribution >= 4 is 50.7 Å². The maximum Gasteiger partial charge on any atom is 0.274 e. The molecule has 0 aliphatic rings. The smallest absolute Gasteiger partial charge is 0.274 e. The molecule has 3 nitrogen and oxygen atoms in total. The minimum absolute atomic E-state index is 0.310. The van der Waals surface area contributed by atoms with Crippen LogP contribution in [0.2, 0.25) is 10.0 Å². The van der Waals surface area contributed by atoms with Gasteiger partial charge in [-0.05, 0) is 30.3 Å². The van der Waals surface area contributed by atoms with E-state index in [1.54, 1.807) is 36.5 Å². The molecule has 18 heavy (non-hydrogen) atoms. The lowest BCUT2D eigenvalue weighted by Gasteiger charge is -2.06. The van der Waals surface area contributed by atoms with E-state index < -0.39 is 0 Å². The Labute approximate surface area is 122 Å². The summed E-state index contributed by atoms with van der Waals surface area (Å²) in [7, 11) is 0. The number of rotatable bonds is 2. The molecule has 0 saturated carbocycles. The third kappa shape index (κ3) is 3.22. The lowest BCUT2D eigenvalue weighted by molar-refractivity contribution is 0.102. The molecule has 1 aromatic carbocycles. The van der Waals surface area contributed by atoms with Gasteiger partial charge in [0.05, 0.1) is 10.0 Å². The average molecular weight is 346 g/mol. The second kappa shape index (κ2) is 5.69. The second-order valence-electron chi connectivity index (χ2n) is 3.44. The Kier molecular flexibility index (Phi) is 4.22. The topological polar surface area (TPSA) is 42.0 Å². The first-order valence-electron chi connectivity index (χ1n) is 4.94. The first-order valence-corrected chi connectivity index (χ1v) is 6.49. The molecular formula is C12H7BrCl2N2O. The first kappa shape index (κ1) is 13.3. The third-order valence-electron chi connectivity index (χ3n) is 2.13. The van der Waals surface area contributed by atoms with E-state index in [0.717, 1.165) is 4.47 Å². The third-order valence-corrected chi connectivity index (χ3v) is 3.36. The number of amides is 1. The van der Waals surface area contributed by atoms with E-state index in [0.29, 0.717) is 21.4 Å². The predicted octanol–water partition coefficient (Wildman–Crippen LogP) is 4.40. The maximum atomic E-state index is 11.9. The average Bonchev–Trinajstić information content (AvgIpc) is 2.34. The van der Waals surface area contributed by atoms with Gasteiger partial charge in [-0.3, -0.25) is 9.78 Å². The summed E-state index contributed by atoms with van der Waals surface area (Å²) in [6.07, 6.45) is 1.55. The van der Waals surface area contributed by atoms with Crippen molar-refractivity contribution in [1.82, 2.24) is 4.98 Å². The summed E-state index contributed by atoms with van der Waals surface area (Å²) < 4.78 is 0.789. The number of nitrogens with zero attached hydrogens (tertiary/aromatic N) is 1. The molecule has 0 aliphatic carbocycles. The first-order chi connectivity index (χ1) is 8.56. The van der Waals surface area contributed by atoms with Crippen LogP contribution in [0.1, 0.15) is 10.5 Å². The van der Waals surface area contributed by atoms with Crippen molar-refractivity contribution < 1.29 is 4.79 Å². The standard InChI is InChI=1S/C12H7BrCl2N2O/c13-7-3-4-16-11(5-7)12(18)17-8-1-2-9(14)10(15)6-8/h1-6H,(H,17,18). The predicted molar refractivity (Wildman–Crippen MR) is 76.4 cm³/mol. The van der Waals surface area contributed by atoms with Crippen LogP contribution < -0.4 is 5.32 Å². The molecule has 1 aromatic heterocycles. The molecule has 1 N–H and O–H groups in total. The van der Waals surface area contributed by atoms with Crippen LogP contribution in [0, 0.1) is 0 Å². The molecule has 2 aromatic rings. The Morgan fingerprint density at radius 1 is 1.17 bits per heavy atom. The van der Waals surface area contributed by atoms with Gasteiger partial charge in [-0.1, -0.05) is 39.1 Å². The SMILES string of the molecule is O=C(Nc1ccc(Cl)c(Cl)c1)c1cc(Br)ccn1. The van der Waals surface area contributed by atoms with E-state index >= 15 is 0 Å². The van der Waals surface area contributed by atoms with Crippen molar-refractivity contribution in [3.63, 3.8) is 0 Å². The van der Waals surface area contributed by atoms with Crippen LogP contribution in [-0.2, 0) is 0 Å². The van der Waals surface area contributed by atoms with Gasteiger partial charge in [0.1, 0.15) is 5.69 Å². The molecule has 0 saturated heterocycles. The quantitative estimate of drug-likeness (QED) is 0.876. The van der Waals surface area contributed by atoms with E-state index in [-0.39, 0.29) is 5.91 Å². The zero-order chi connectivity index (χ0) is 13.1. The zero-order valence-corrected chi connectivity index (χ0v) is 12.1. The Hall–Kier alpha value is -1.10. The van der Waals surface area contributed by atoms with Crippen molar-refractivity contribution in [3.05, 3.63) is 56.7 Å². The molecule has 0 unspecified atom stereocenters. The number of aromatic nitrogens is 1. The van der Waals surface area contributed by atoms with Crippen LogP contribution in [0.15, 0.2) is 41.0 Å². The van der Waals surface area contributed by atoms with E-state index in [1.807, 2.05) is 0 Å². The van der Waals surface area contributed by atoms with Crippen LogP contribution in [0.5, 0.6) is 0 Å². The highest BCUT2D eigenvalue weighted by Gasteiger charge is 2.08. The molecule has 1 amide bonds. The monoisotopic (exact) mass is 344 g/mol. The van der Waals surface area contributed by atoms with Gasteiger partial charge in [0.15, 0.2) is 0 Å². The Morgan fingerprint density at radius 2 is 1.94 bits per heavy atom. The van der Waals surface area contributed by atoms with E-state index in [2.05, 4.69) is 26.2 Å². The highest BCUT2D eigenvalue weighted by atomic mass is 79.9. The Morgan fingerprint density at radius 3 is 2.61 bits per heavy atom. The van der Waals surface area contributed by atoms with Crippen LogP contribution >= 0.6 is 39.1 Å². The Balaban J connectivity index is 2.18. The summed E-state index contributed by atoms with van der Waals surface area (Å²) in [4.78, 5) is 15.9. The molecule has 0 bridgehead atoms. The summed E-state index contributed by atoms with van der Waals surface area (Å²) in [5, 5.41) is 3.51. The van der Waals surface area contributed by atoms with E-state index in [1.165, 1.54) is 0 Å². The van der Waals surface area contributed by atoms with Crippen LogP contribution in [0.25, 0.3) is 0 Å². The van der Waals surface area contributed by atoms with Crippen molar-refractivity contribution in [1.29, 1.82) is 0 Å². The number of carbonyl (C=O) groups is 1. The van der Waals surface area contributed by atoms with Gasteiger partial charge in [0.2, 0.25) is 0 Å². The summed E-state index contributed by atoms with van der Waals surface area (Å²) in [5.74, 6) is -0.310. The summed E-state index contributed by atoms with van der Waals surface area (Å²) in [5.41, 5.74) is 0.881. The number of benzene rings is 1. The lowest BCUT2D eigenvalue weighted by atomic mass is 10.3. The summed E-state index contributed by atoms with van der Waals surface area (Å²) in [6, 6.07) is 8.25. The van der Waals surface area contributed by atoms with Gasteiger partial charge in [-0.2, -0.15) is 0 Å². The van der Waals surface area contributed by atoms with Gasteiger partial charge in [-0.25, -0.2) is 0 Å². The van der Waals surface area contributed by atoms with Crippen molar-refractivity contribution in [2.75, 3.05) is 5.32 Å². The summed E-state index contributed by atoms with van der Waals surface area (Å²) in [6.45, 7) is 0. The molecule has 0 radical (unpaired) electrons. The van der Waals surface area contributed by atoms with Crippen molar-refractivity contribution in [3.8, 4) is 0 Å². The number of hydrogen-bond acceptors (Lipinski definition) is 2. The molecule has 0 spiro atoms. The van der Waals surface area contributed by atoms with Crippen LogP contribution in [0.4, 0.5) is 5.69 Å². The van der Waals surface area contributed by atoms with Gasteiger partial charge < -0.3 is 5.32 Å². The van der Waals surface area contributed by atoms with Gasteiger partial charge in [0, 0.05) is 16.4 Å². The number of halogens is 3. The van der Waals surface area contributed by atoms with E-state index in [9.17, 15) is 4.79 Å². The van der Waals surface area contributed by atoms with Gasteiger partial charge >= 0.3 is 0 Å². The molecule has 0 fully saturated rings. The lowest BCUT2D eigenvalue weighted by Crippen LogP contribution is -2.13. The molecule has 0 aliphatic heterocycles. The van der Waals surface area contributed by atoms with Gasteiger partial charge in [-0.15, -0.1) is 0 Å².